The van der Waals surface area contributed by atoms with Crippen molar-refractivity contribution in [2.75, 3.05) is 48.2 Å². The van der Waals surface area contributed by atoms with Crippen LogP contribution < -0.4 is 14.9 Å². The van der Waals surface area contributed by atoms with E-state index in [-0.39, 0.29) is 10.8 Å². The first-order valence-corrected chi connectivity index (χ1v) is 12.8. The first-order chi connectivity index (χ1) is 16.2. The van der Waals surface area contributed by atoms with Crippen LogP contribution in [0.15, 0.2) is 71.6 Å². The lowest BCUT2D eigenvalue weighted by atomic mass is 10.1. The molecule has 0 aromatic heterocycles. The van der Waals surface area contributed by atoms with Crippen LogP contribution in [0.1, 0.15) is 15.9 Å². The number of benzene rings is 3. The number of sulfonamides is 1. The van der Waals surface area contributed by atoms with Gasteiger partial charge in [-0.15, -0.1) is 0 Å². The van der Waals surface area contributed by atoms with E-state index in [9.17, 15) is 13.2 Å². The highest BCUT2D eigenvalue weighted by molar-refractivity contribution is 7.92. The van der Waals surface area contributed by atoms with Crippen molar-refractivity contribution in [1.82, 2.24) is 4.90 Å². The number of rotatable bonds is 6. The second kappa shape index (κ2) is 10.0. The fraction of sp³-hybridized carbons (Fsp3) is 0.240. The van der Waals surface area contributed by atoms with E-state index in [1.54, 1.807) is 24.3 Å². The average molecular weight is 499 g/mol. The molecule has 2 N–H and O–H groups in total. The first-order valence-electron chi connectivity index (χ1n) is 11.0. The number of piperazine rings is 1. The van der Waals surface area contributed by atoms with Crippen molar-refractivity contribution in [3.63, 3.8) is 0 Å². The summed E-state index contributed by atoms with van der Waals surface area (Å²) in [7, 11) is -1.66. The largest absolute Gasteiger partial charge is 0.369 e. The molecule has 7 nitrogen and oxygen atoms in total. The van der Waals surface area contributed by atoms with Crippen LogP contribution in [-0.2, 0) is 10.0 Å². The summed E-state index contributed by atoms with van der Waals surface area (Å²) in [6.07, 6.45) is 0. The Morgan fingerprint density at radius 1 is 0.912 bits per heavy atom. The molecule has 1 fully saturated rings. The molecule has 1 aliphatic rings. The third kappa shape index (κ3) is 5.70. The molecule has 0 aliphatic carbocycles. The van der Waals surface area contributed by atoms with Gasteiger partial charge in [-0.3, -0.25) is 9.52 Å². The lowest BCUT2D eigenvalue weighted by molar-refractivity contribution is 0.102. The van der Waals surface area contributed by atoms with Gasteiger partial charge in [-0.25, -0.2) is 8.42 Å². The van der Waals surface area contributed by atoms with Crippen molar-refractivity contribution in [2.45, 2.75) is 11.8 Å². The van der Waals surface area contributed by atoms with Crippen LogP contribution in [0.4, 0.5) is 17.1 Å². The second-order valence-corrected chi connectivity index (χ2v) is 10.5. The smallest absolute Gasteiger partial charge is 0.261 e. The highest BCUT2D eigenvalue weighted by atomic mass is 35.5. The van der Waals surface area contributed by atoms with Gasteiger partial charge in [-0.1, -0.05) is 11.6 Å². The summed E-state index contributed by atoms with van der Waals surface area (Å²) >= 11 is 5.84. The maximum atomic E-state index is 12.8. The van der Waals surface area contributed by atoms with Gasteiger partial charge in [-0.05, 0) is 86.3 Å². The molecule has 0 bridgehead atoms. The molecule has 0 spiro atoms. The van der Waals surface area contributed by atoms with Gasteiger partial charge in [-0.2, -0.15) is 0 Å². The average Bonchev–Trinajstić information content (AvgIpc) is 2.82. The van der Waals surface area contributed by atoms with Crippen LogP contribution >= 0.6 is 11.6 Å². The summed E-state index contributed by atoms with van der Waals surface area (Å²) in [6.45, 7) is 5.97. The number of carbonyl (C=O) groups excluding carboxylic acids is 1. The highest BCUT2D eigenvalue weighted by Crippen LogP contribution is 2.25. The van der Waals surface area contributed by atoms with E-state index in [1.165, 1.54) is 24.3 Å². The van der Waals surface area contributed by atoms with Gasteiger partial charge in [0.25, 0.3) is 15.9 Å². The molecule has 9 heteroatoms. The van der Waals surface area contributed by atoms with E-state index < -0.39 is 10.0 Å². The topological polar surface area (TPSA) is 81.8 Å². The third-order valence-electron chi connectivity index (χ3n) is 5.85. The summed E-state index contributed by atoms with van der Waals surface area (Å²) in [4.78, 5) is 17.5. The van der Waals surface area contributed by atoms with Crippen LogP contribution in [-0.4, -0.2) is 52.5 Å². The molecular formula is C25H27ClN4O3S. The van der Waals surface area contributed by atoms with Gasteiger partial charge in [0.05, 0.1) is 4.90 Å². The lowest BCUT2D eigenvalue weighted by Gasteiger charge is -2.34. The van der Waals surface area contributed by atoms with E-state index in [1.807, 2.05) is 19.1 Å². The molecule has 1 heterocycles. The van der Waals surface area contributed by atoms with Crippen molar-refractivity contribution in [3.8, 4) is 0 Å². The predicted molar refractivity (Wildman–Crippen MR) is 138 cm³/mol. The molecule has 4 rings (SSSR count). The van der Waals surface area contributed by atoms with Gasteiger partial charge in [0.1, 0.15) is 0 Å². The minimum absolute atomic E-state index is 0.0618. The maximum absolute atomic E-state index is 12.8. The lowest BCUT2D eigenvalue weighted by Crippen LogP contribution is -2.44. The highest BCUT2D eigenvalue weighted by Gasteiger charge is 2.17. The van der Waals surface area contributed by atoms with E-state index >= 15 is 0 Å². The summed E-state index contributed by atoms with van der Waals surface area (Å²) in [5, 5.41) is 3.44. The molecule has 3 aromatic carbocycles. The van der Waals surface area contributed by atoms with Crippen molar-refractivity contribution >= 4 is 44.6 Å². The van der Waals surface area contributed by atoms with E-state index in [4.69, 9.17) is 11.6 Å². The van der Waals surface area contributed by atoms with E-state index in [0.29, 0.717) is 16.3 Å². The molecule has 178 valence electrons. The normalized spacial score (nSPS) is 14.6. The zero-order chi connectivity index (χ0) is 24.3. The van der Waals surface area contributed by atoms with Crippen LogP contribution in [0, 0.1) is 6.92 Å². The molecule has 0 atom stereocenters. The van der Waals surface area contributed by atoms with Gasteiger partial charge < -0.3 is 15.1 Å². The van der Waals surface area contributed by atoms with Gasteiger partial charge in [0, 0.05) is 53.8 Å². The van der Waals surface area contributed by atoms with Gasteiger partial charge >= 0.3 is 0 Å². The minimum Gasteiger partial charge on any atom is -0.369 e. The quantitative estimate of drug-likeness (QED) is 0.524. The summed E-state index contributed by atoms with van der Waals surface area (Å²) in [5.74, 6) is -0.301. The number of anilines is 3. The predicted octanol–water partition coefficient (Wildman–Crippen LogP) is 4.45. The van der Waals surface area contributed by atoms with Crippen molar-refractivity contribution < 1.29 is 13.2 Å². The minimum atomic E-state index is -3.79. The van der Waals surface area contributed by atoms with Crippen LogP contribution in [0.2, 0.25) is 5.02 Å². The zero-order valence-corrected chi connectivity index (χ0v) is 20.7. The second-order valence-electron chi connectivity index (χ2n) is 8.38. The van der Waals surface area contributed by atoms with Crippen molar-refractivity contribution in [2.24, 2.45) is 0 Å². The number of hydrogen-bond donors (Lipinski definition) is 2. The fourth-order valence-electron chi connectivity index (χ4n) is 3.76. The molecule has 1 aliphatic heterocycles. The maximum Gasteiger partial charge on any atom is 0.261 e. The Bertz CT molecular complexity index is 1270. The number of nitrogens with one attached hydrogen (secondary N) is 2. The molecule has 0 saturated carbocycles. The number of carbonyl (C=O) groups is 1. The van der Waals surface area contributed by atoms with Crippen molar-refractivity contribution in [3.05, 3.63) is 82.9 Å². The number of hydrogen-bond acceptors (Lipinski definition) is 5. The molecule has 0 radical (unpaired) electrons. The molecule has 1 saturated heterocycles. The third-order valence-corrected chi connectivity index (χ3v) is 7.50. The Morgan fingerprint density at radius 2 is 1.56 bits per heavy atom. The van der Waals surface area contributed by atoms with Crippen molar-refractivity contribution in [1.29, 1.82) is 0 Å². The number of likely N-dealkylation sites (N-methyl/N-ethyl adjacent to an activating group) is 1. The van der Waals surface area contributed by atoms with Crippen LogP contribution in [0.25, 0.3) is 0 Å². The number of nitrogens with zero attached hydrogens (tertiary/aromatic N) is 2. The SMILES string of the molecule is Cc1cc(N2CCN(C)CC2)ccc1NC(=O)c1ccc(S(=O)(=O)Nc2ccc(Cl)cc2)cc1. The summed E-state index contributed by atoms with van der Waals surface area (Å²) < 4.78 is 27.8. The van der Waals surface area contributed by atoms with E-state index in [2.05, 4.69) is 33.0 Å². The molecule has 34 heavy (non-hydrogen) atoms. The summed E-state index contributed by atoms with van der Waals surface area (Å²) in [5.41, 5.74) is 3.61. The van der Waals surface area contributed by atoms with E-state index in [0.717, 1.165) is 43.1 Å². The number of aryl methyl sites for hydroxylation is 1. The Balaban J connectivity index is 1.42. The van der Waals surface area contributed by atoms with Gasteiger partial charge in [0.15, 0.2) is 0 Å². The Morgan fingerprint density at radius 3 is 2.18 bits per heavy atom. The number of halogens is 1. The molecular weight excluding hydrogens is 472 g/mol. The van der Waals surface area contributed by atoms with Crippen LogP contribution in [0.3, 0.4) is 0 Å². The first kappa shape index (κ1) is 24.1. The molecule has 3 aromatic rings. The van der Waals surface area contributed by atoms with Crippen LogP contribution in [0.5, 0.6) is 0 Å². The Hall–Kier alpha value is -3.07. The zero-order valence-electron chi connectivity index (χ0n) is 19.1. The molecule has 1 amide bonds. The summed E-state index contributed by atoms with van der Waals surface area (Å²) in [6, 6.07) is 18.2. The Kier molecular flexibility index (Phi) is 7.11. The monoisotopic (exact) mass is 498 g/mol. The standard InChI is InChI=1S/C25H27ClN4O3S/c1-18-17-22(30-15-13-29(2)14-16-30)9-12-24(18)27-25(31)19-3-10-23(11-4-19)34(32,33)28-21-7-5-20(26)6-8-21/h3-12,17,28H,13-16H2,1-2H3,(H,27,31). The number of amides is 1. The van der Waals surface area contributed by atoms with Gasteiger partial charge in [0.2, 0.25) is 0 Å². The Labute approximate surface area is 205 Å². The fourth-order valence-corrected chi connectivity index (χ4v) is 4.95. The molecule has 0 unspecified atom stereocenters.